The molecule has 0 spiro atoms. The summed E-state index contributed by atoms with van der Waals surface area (Å²) >= 11 is 0. The van der Waals surface area contributed by atoms with Crippen LogP contribution in [0.2, 0.25) is 0 Å². The smallest absolute Gasteiger partial charge is 0.337 e. The number of nitrogens with zero attached hydrogens (tertiary/aromatic N) is 2. The Labute approximate surface area is 261 Å². The maximum absolute atomic E-state index is 14.3. The van der Waals surface area contributed by atoms with Crippen molar-refractivity contribution in [3.05, 3.63) is 88.7 Å². The fourth-order valence-electron chi connectivity index (χ4n) is 6.19. The number of amides is 1. The lowest BCUT2D eigenvalue weighted by atomic mass is 9.63. The van der Waals surface area contributed by atoms with Crippen molar-refractivity contribution in [1.29, 1.82) is 0 Å². The molecule has 4 fully saturated rings. The Morgan fingerprint density at radius 2 is 1.93 bits per heavy atom. The zero-order valence-electron chi connectivity index (χ0n) is 25.1. The average Bonchev–Trinajstić information content (AvgIpc) is 3.04. The molecule has 1 saturated carbocycles. The summed E-state index contributed by atoms with van der Waals surface area (Å²) in [7, 11) is 1.33. The quantitative estimate of drug-likeness (QED) is 0.201. The molecule has 3 saturated heterocycles. The third-order valence-corrected chi connectivity index (χ3v) is 9.09. The predicted molar refractivity (Wildman–Crippen MR) is 164 cm³/mol. The number of carbonyl (C=O) groups is 2. The molecule has 1 aliphatic carbocycles. The van der Waals surface area contributed by atoms with Gasteiger partial charge in [-0.2, -0.15) is 0 Å². The van der Waals surface area contributed by atoms with Crippen molar-refractivity contribution in [2.45, 2.75) is 62.3 Å². The van der Waals surface area contributed by atoms with Gasteiger partial charge in [-0.15, -0.1) is 0 Å². The Balaban J connectivity index is 1.07. The van der Waals surface area contributed by atoms with Crippen LogP contribution in [-0.2, 0) is 31.0 Å². The molecule has 2 bridgehead atoms. The van der Waals surface area contributed by atoms with Gasteiger partial charge < -0.3 is 29.6 Å². The molecule has 3 aromatic rings. The summed E-state index contributed by atoms with van der Waals surface area (Å²) in [6.45, 7) is 8.77. The number of methoxy groups -OCH3 is 1. The number of carbonyl (C=O) groups excluding carboxylic acids is 2. The van der Waals surface area contributed by atoms with Crippen LogP contribution in [0.15, 0.2) is 54.6 Å². The number of rotatable bonds is 11. The highest BCUT2D eigenvalue weighted by Gasteiger charge is 2.52. The Hall–Kier alpha value is -4.53. The summed E-state index contributed by atoms with van der Waals surface area (Å²) in [5.74, 6) is -0.712. The maximum atomic E-state index is 14.3. The summed E-state index contributed by atoms with van der Waals surface area (Å²) in [6, 6.07) is 14.9. The monoisotopic (exact) mass is 614 g/mol. The first-order chi connectivity index (χ1) is 21.8. The van der Waals surface area contributed by atoms with Crippen molar-refractivity contribution >= 4 is 28.9 Å². The lowest BCUT2D eigenvalue weighted by Gasteiger charge is -2.52. The Morgan fingerprint density at radius 1 is 1.11 bits per heavy atom. The van der Waals surface area contributed by atoms with Crippen LogP contribution >= 0.6 is 0 Å². The van der Waals surface area contributed by atoms with E-state index in [1.165, 1.54) is 13.2 Å². The molecule has 3 aliphatic heterocycles. The molecule has 11 heteroatoms. The van der Waals surface area contributed by atoms with Gasteiger partial charge in [0.1, 0.15) is 12.4 Å². The number of esters is 1. The van der Waals surface area contributed by atoms with Gasteiger partial charge >= 0.3 is 5.97 Å². The minimum absolute atomic E-state index is 0.000696. The molecule has 0 unspecified atom stereocenters. The van der Waals surface area contributed by atoms with Gasteiger partial charge in [0.2, 0.25) is 11.8 Å². The molecule has 4 heterocycles. The molecule has 1 atom stereocenters. The SMILES string of the molecule is [C-]#[N+]c1ccc(COc2cccc(C34CCC(CC(=O)Nc5ccc(C(=O)OC)cc5NC[C@H]5CCO5)(CC3)OC4)n2)c(F)c1. The van der Waals surface area contributed by atoms with Crippen molar-refractivity contribution < 1.29 is 32.9 Å². The van der Waals surface area contributed by atoms with E-state index >= 15 is 0 Å². The topological polar surface area (TPSA) is 112 Å². The van der Waals surface area contributed by atoms with E-state index in [-0.39, 0.29) is 36.1 Å². The Kier molecular flexibility index (Phi) is 8.70. The van der Waals surface area contributed by atoms with Crippen LogP contribution in [0.1, 0.15) is 60.1 Å². The second-order valence-electron chi connectivity index (χ2n) is 11.9. The van der Waals surface area contributed by atoms with E-state index in [1.807, 2.05) is 12.1 Å². The minimum atomic E-state index is -0.561. The number of aromatic nitrogens is 1. The van der Waals surface area contributed by atoms with E-state index in [0.717, 1.165) is 31.6 Å². The van der Waals surface area contributed by atoms with Crippen molar-refractivity contribution in [3.63, 3.8) is 0 Å². The normalized spacial score (nSPS) is 23.4. The number of halogens is 1. The van der Waals surface area contributed by atoms with Gasteiger partial charge in [-0.05, 0) is 62.4 Å². The largest absolute Gasteiger partial charge is 0.473 e. The molecular formula is C34H35FN4O6. The molecule has 234 valence electrons. The van der Waals surface area contributed by atoms with E-state index < -0.39 is 17.4 Å². The number of fused-ring (bicyclic) bond motifs is 3. The van der Waals surface area contributed by atoms with Gasteiger partial charge in [0.25, 0.3) is 0 Å². The van der Waals surface area contributed by atoms with E-state index in [4.69, 9.17) is 30.5 Å². The van der Waals surface area contributed by atoms with Crippen LogP contribution in [0.5, 0.6) is 5.88 Å². The fourth-order valence-corrected chi connectivity index (χ4v) is 6.19. The molecule has 0 radical (unpaired) electrons. The van der Waals surface area contributed by atoms with Crippen LogP contribution in [-0.4, -0.2) is 55.4 Å². The summed E-state index contributed by atoms with van der Waals surface area (Å²) in [5, 5.41) is 6.32. The summed E-state index contributed by atoms with van der Waals surface area (Å²) in [4.78, 5) is 33.4. The first-order valence-corrected chi connectivity index (χ1v) is 15.1. The van der Waals surface area contributed by atoms with Gasteiger partial charge in [0.15, 0.2) is 5.69 Å². The second kappa shape index (κ2) is 12.8. The predicted octanol–water partition coefficient (Wildman–Crippen LogP) is 5.95. The standard InChI is InChI=1S/C34H35FN4O6/c1-36-24-8-6-23(26(35)17-24)20-44-31-5-3-4-29(39-31)33-11-13-34(14-12-33,45-21-33)18-30(40)38-27-9-7-22(32(41)42-2)16-28(27)37-19-25-10-15-43-25/h3-9,16-17,25,37H,10-15,18-21H2,2H3,(H,38,40)/t25-,33?,34?/m1/s1. The van der Waals surface area contributed by atoms with Crippen LogP contribution in [0.4, 0.5) is 21.5 Å². The van der Waals surface area contributed by atoms with Crippen LogP contribution in [0, 0.1) is 12.4 Å². The molecule has 7 rings (SSSR count). The van der Waals surface area contributed by atoms with Crippen molar-refractivity contribution in [2.75, 3.05) is 37.5 Å². The molecule has 1 amide bonds. The maximum Gasteiger partial charge on any atom is 0.337 e. The Morgan fingerprint density at radius 3 is 2.60 bits per heavy atom. The van der Waals surface area contributed by atoms with Gasteiger partial charge in [0, 0.05) is 30.2 Å². The zero-order chi connectivity index (χ0) is 31.4. The first kappa shape index (κ1) is 30.5. The highest BCUT2D eigenvalue weighted by atomic mass is 19.1. The van der Waals surface area contributed by atoms with Crippen molar-refractivity contribution in [1.82, 2.24) is 4.98 Å². The number of pyridine rings is 1. The van der Waals surface area contributed by atoms with E-state index in [9.17, 15) is 14.0 Å². The summed E-state index contributed by atoms with van der Waals surface area (Å²) in [5.41, 5.74) is 2.19. The third-order valence-electron chi connectivity index (χ3n) is 9.09. The second-order valence-corrected chi connectivity index (χ2v) is 11.9. The summed E-state index contributed by atoms with van der Waals surface area (Å²) in [6.07, 6.45) is 4.30. The van der Waals surface area contributed by atoms with E-state index in [2.05, 4.69) is 15.5 Å². The van der Waals surface area contributed by atoms with E-state index in [1.54, 1.807) is 36.4 Å². The first-order valence-electron chi connectivity index (χ1n) is 15.1. The lowest BCUT2D eigenvalue weighted by molar-refractivity contribution is -0.165. The van der Waals surface area contributed by atoms with Crippen LogP contribution in [0.3, 0.4) is 0 Å². The third kappa shape index (κ3) is 6.62. The molecule has 45 heavy (non-hydrogen) atoms. The minimum Gasteiger partial charge on any atom is -0.473 e. The average molecular weight is 615 g/mol. The highest BCUT2D eigenvalue weighted by Crippen LogP contribution is 2.51. The van der Waals surface area contributed by atoms with Crippen molar-refractivity contribution in [3.8, 4) is 5.88 Å². The Bertz CT molecular complexity index is 1610. The van der Waals surface area contributed by atoms with Gasteiger partial charge in [-0.3, -0.25) is 4.79 Å². The summed E-state index contributed by atoms with van der Waals surface area (Å²) < 4.78 is 36.9. The van der Waals surface area contributed by atoms with Gasteiger partial charge in [-0.25, -0.2) is 19.0 Å². The molecular weight excluding hydrogens is 579 g/mol. The number of nitrogens with one attached hydrogen (secondary N) is 2. The zero-order valence-corrected chi connectivity index (χ0v) is 25.1. The molecule has 2 N–H and O–H groups in total. The highest BCUT2D eigenvalue weighted by molar-refractivity contribution is 5.97. The molecule has 4 aliphatic rings. The van der Waals surface area contributed by atoms with Gasteiger partial charge in [0.05, 0.1) is 61.0 Å². The lowest BCUT2D eigenvalue weighted by Crippen LogP contribution is -2.54. The van der Waals surface area contributed by atoms with Crippen LogP contribution in [0.25, 0.3) is 4.85 Å². The van der Waals surface area contributed by atoms with Crippen LogP contribution < -0.4 is 15.4 Å². The number of ether oxygens (including phenoxy) is 4. The molecule has 2 aromatic carbocycles. The van der Waals surface area contributed by atoms with E-state index in [0.29, 0.717) is 54.4 Å². The number of hydrogen-bond acceptors (Lipinski definition) is 8. The number of anilines is 2. The molecule has 10 nitrogen and oxygen atoms in total. The number of benzene rings is 2. The fraction of sp³-hybridized carbons (Fsp3) is 0.412. The molecule has 1 aromatic heterocycles. The van der Waals surface area contributed by atoms with Crippen molar-refractivity contribution in [2.24, 2.45) is 0 Å². The van der Waals surface area contributed by atoms with Gasteiger partial charge in [-0.1, -0.05) is 18.2 Å². The number of hydrogen-bond donors (Lipinski definition) is 2.